The van der Waals surface area contributed by atoms with E-state index in [9.17, 15) is 8.78 Å². The highest BCUT2D eigenvalue weighted by atomic mass is 79.9. The van der Waals surface area contributed by atoms with Crippen molar-refractivity contribution < 1.29 is 13.5 Å². The van der Waals surface area contributed by atoms with Gasteiger partial charge in [0, 0.05) is 10.0 Å². The lowest BCUT2D eigenvalue weighted by Crippen LogP contribution is -2.20. The normalized spacial score (nSPS) is 12.1. The Labute approximate surface area is 108 Å². The SMILES string of the molecule is CCOc1ccc(Br)cc1[C@@H](N)C(F)F.Cl. The Bertz CT molecular complexity index is 339. The molecule has 2 N–H and O–H groups in total. The molecule has 1 aromatic rings. The summed E-state index contributed by atoms with van der Waals surface area (Å²) in [5.41, 5.74) is 5.71. The second kappa shape index (κ2) is 7.04. The van der Waals surface area contributed by atoms with Gasteiger partial charge in [-0.25, -0.2) is 8.78 Å². The summed E-state index contributed by atoms with van der Waals surface area (Å²) in [7, 11) is 0. The minimum Gasteiger partial charge on any atom is -0.494 e. The average molecular weight is 317 g/mol. The summed E-state index contributed by atoms with van der Waals surface area (Å²) >= 11 is 3.21. The van der Waals surface area contributed by atoms with Gasteiger partial charge in [0.1, 0.15) is 5.75 Å². The van der Waals surface area contributed by atoms with E-state index in [-0.39, 0.29) is 12.4 Å². The van der Waals surface area contributed by atoms with E-state index in [1.807, 2.05) is 0 Å². The predicted octanol–water partition coefficient (Wildman–Crippen LogP) is 3.53. The molecule has 0 aliphatic rings. The van der Waals surface area contributed by atoms with Crippen LogP contribution in [0.15, 0.2) is 22.7 Å². The molecule has 0 bridgehead atoms. The molecule has 1 aromatic carbocycles. The third-order valence-electron chi connectivity index (χ3n) is 1.90. The molecule has 0 saturated heterocycles. The van der Waals surface area contributed by atoms with Gasteiger partial charge in [-0.1, -0.05) is 15.9 Å². The van der Waals surface area contributed by atoms with Gasteiger partial charge in [-0.15, -0.1) is 12.4 Å². The maximum Gasteiger partial charge on any atom is 0.257 e. The highest BCUT2D eigenvalue weighted by Gasteiger charge is 2.21. The number of ether oxygens (including phenoxy) is 1. The lowest BCUT2D eigenvalue weighted by molar-refractivity contribution is 0.114. The van der Waals surface area contributed by atoms with Crippen molar-refractivity contribution >= 4 is 28.3 Å². The van der Waals surface area contributed by atoms with Gasteiger partial charge in [0.15, 0.2) is 0 Å². The summed E-state index contributed by atoms with van der Waals surface area (Å²) in [6, 6.07) is 3.60. The molecule has 1 atom stereocenters. The van der Waals surface area contributed by atoms with E-state index < -0.39 is 12.5 Å². The fourth-order valence-corrected chi connectivity index (χ4v) is 1.58. The summed E-state index contributed by atoms with van der Waals surface area (Å²) in [6.07, 6.45) is -2.60. The molecule has 0 aliphatic heterocycles. The van der Waals surface area contributed by atoms with Crippen LogP contribution in [0, 0.1) is 0 Å². The first-order chi connectivity index (χ1) is 7.06. The quantitative estimate of drug-likeness (QED) is 0.922. The molecular formula is C10H13BrClF2NO. The molecule has 0 spiro atoms. The maximum absolute atomic E-state index is 12.5. The van der Waals surface area contributed by atoms with Crippen molar-refractivity contribution in [1.82, 2.24) is 0 Å². The van der Waals surface area contributed by atoms with E-state index in [0.717, 1.165) is 0 Å². The summed E-state index contributed by atoms with van der Waals surface area (Å²) < 4.78 is 30.9. The highest BCUT2D eigenvalue weighted by molar-refractivity contribution is 9.10. The Morgan fingerprint density at radius 1 is 1.44 bits per heavy atom. The number of hydrogen-bond acceptors (Lipinski definition) is 2. The molecule has 6 heteroatoms. The number of alkyl halides is 2. The summed E-state index contributed by atoms with van der Waals surface area (Å²) in [4.78, 5) is 0. The van der Waals surface area contributed by atoms with Gasteiger partial charge in [0.25, 0.3) is 6.43 Å². The van der Waals surface area contributed by atoms with Crippen LogP contribution in [0.1, 0.15) is 18.5 Å². The van der Waals surface area contributed by atoms with Crippen LogP contribution in [0.4, 0.5) is 8.78 Å². The first kappa shape index (κ1) is 15.6. The second-order valence-electron chi connectivity index (χ2n) is 2.98. The number of halogens is 4. The molecule has 0 heterocycles. The molecule has 0 aliphatic carbocycles. The lowest BCUT2D eigenvalue weighted by atomic mass is 10.1. The summed E-state index contributed by atoms with van der Waals surface area (Å²) in [5, 5.41) is 0. The van der Waals surface area contributed by atoms with Crippen molar-refractivity contribution in [1.29, 1.82) is 0 Å². The van der Waals surface area contributed by atoms with E-state index in [2.05, 4.69) is 15.9 Å². The van der Waals surface area contributed by atoms with Gasteiger partial charge in [-0.2, -0.15) is 0 Å². The first-order valence-electron chi connectivity index (χ1n) is 4.52. The standard InChI is InChI=1S/C10H12BrF2NO.ClH/c1-2-15-8-4-3-6(11)5-7(8)9(14)10(12)13;/h3-5,9-10H,2,14H2,1H3;1H/t9-;/m1./s1. The largest absolute Gasteiger partial charge is 0.494 e. The zero-order valence-corrected chi connectivity index (χ0v) is 11.0. The van der Waals surface area contributed by atoms with Crippen molar-refractivity contribution in [3.05, 3.63) is 28.2 Å². The third kappa shape index (κ3) is 3.88. The Kier molecular flexibility index (Phi) is 6.87. The number of nitrogens with two attached hydrogens (primary N) is 1. The minimum atomic E-state index is -2.60. The third-order valence-corrected chi connectivity index (χ3v) is 2.40. The first-order valence-corrected chi connectivity index (χ1v) is 5.31. The van der Waals surface area contributed by atoms with E-state index in [1.165, 1.54) is 0 Å². The van der Waals surface area contributed by atoms with Crippen LogP contribution in [0.5, 0.6) is 5.75 Å². The van der Waals surface area contributed by atoms with Crippen molar-refractivity contribution in [2.75, 3.05) is 6.61 Å². The smallest absolute Gasteiger partial charge is 0.257 e. The van der Waals surface area contributed by atoms with Crippen molar-refractivity contribution in [3.8, 4) is 5.75 Å². The molecule has 0 amide bonds. The van der Waals surface area contributed by atoms with Crippen molar-refractivity contribution in [3.63, 3.8) is 0 Å². The zero-order valence-electron chi connectivity index (χ0n) is 8.62. The molecule has 0 fully saturated rings. The summed E-state index contributed by atoms with van der Waals surface area (Å²) in [5.74, 6) is 0.411. The Balaban J connectivity index is 0.00000225. The predicted molar refractivity (Wildman–Crippen MR) is 65.5 cm³/mol. The van der Waals surface area contributed by atoms with Crippen LogP contribution in [-0.4, -0.2) is 13.0 Å². The molecule has 0 radical (unpaired) electrons. The average Bonchev–Trinajstić information content (AvgIpc) is 2.20. The van der Waals surface area contributed by atoms with Crippen LogP contribution in [-0.2, 0) is 0 Å². The topological polar surface area (TPSA) is 35.2 Å². The Morgan fingerprint density at radius 2 is 2.06 bits per heavy atom. The lowest BCUT2D eigenvalue weighted by Gasteiger charge is -2.16. The maximum atomic E-state index is 12.5. The number of benzene rings is 1. The van der Waals surface area contributed by atoms with E-state index >= 15 is 0 Å². The van der Waals surface area contributed by atoms with Crippen LogP contribution in [0.3, 0.4) is 0 Å². The van der Waals surface area contributed by atoms with Crippen molar-refractivity contribution in [2.24, 2.45) is 5.73 Å². The van der Waals surface area contributed by atoms with E-state index in [0.29, 0.717) is 22.4 Å². The van der Waals surface area contributed by atoms with Gasteiger partial charge in [-0.3, -0.25) is 0 Å². The molecule has 0 aromatic heterocycles. The monoisotopic (exact) mass is 315 g/mol. The molecule has 0 saturated carbocycles. The molecule has 1 rings (SSSR count). The van der Waals surface area contributed by atoms with Crippen LogP contribution in [0.25, 0.3) is 0 Å². The summed E-state index contributed by atoms with van der Waals surface area (Å²) in [6.45, 7) is 2.21. The fourth-order valence-electron chi connectivity index (χ4n) is 1.20. The Hall–Kier alpha value is -0.390. The van der Waals surface area contributed by atoms with Gasteiger partial charge >= 0.3 is 0 Å². The molecular weight excluding hydrogens is 303 g/mol. The molecule has 16 heavy (non-hydrogen) atoms. The zero-order chi connectivity index (χ0) is 11.4. The number of rotatable bonds is 4. The van der Waals surface area contributed by atoms with Gasteiger partial charge < -0.3 is 10.5 Å². The highest BCUT2D eigenvalue weighted by Crippen LogP contribution is 2.30. The van der Waals surface area contributed by atoms with Crippen LogP contribution < -0.4 is 10.5 Å². The molecule has 2 nitrogen and oxygen atoms in total. The second-order valence-corrected chi connectivity index (χ2v) is 3.89. The van der Waals surface area contributed by atoms with Crippen molar-refractivity contribution in [2.45, 2.75) is 19.4 Å². The minimum absolute atomic E-state index is 0. The van der Waals surface area contributed by atoms with E-state index in [4.69, 9.17) is 10.5 Å². The molecule has 0 unspecified atom stereocenters. The van der Waals surface area contributed by atoms with Crippen LogP contribution in [0.2, 0.25) is 0 Å². The van der Waals surface area contributed by atoms with Gasteiger partial charge in [0.05, 0.1) is 12.6 Å². The molecule has 92 valence electrons. The Morgan fingerprint density at radius 3 is 2.56 bits per heavy atom. The van der Waals surface area contributed by atoms with Gasteiger partial charge in [0.2, 0.25) is 0 Å². The fraction of sp³-hybridized carbons (Fsp3) is 0.400. The van der Waals surface area contributed by atoms with Crippen LogP contribution >= 0.6 is 28.3 Å². The van der Waals surface area contributed by atoms with E-state index in [1.54, 1.807) is 25.1 Å². The number of hydrogen-bond donors (Lipinski definition) is 1. The van der Waals surface area contributed by atoms with Gasteiger partial charge in [-0.05, 0) is 25.1 Å².